The van der Waals surface area contributed by atoms with Crippen molar-refractivity contribution in [1.82, 2.24) is 0 Å². The summed E-state index contributed by atoms with van der Waals surface area (Å²) in [5, 5.41) is 0. The summed E-state index contributed by atoms with van der Waals surface area (Å²) >= 11 is 0. The standard InChI is InChI=1S/C20H24O3/c1-2-3-4-5-9-16-22-18-12-14-19(15-13-18)23-20(21)17-10-7-6-8-11-17/h6-8,10-15H,2-5,9,16H2,1H3. The summed E-state index contributed by atoms with van der Waals surface area (Å²) in [6.07, 6.45) is 6.10. The largest absolute Gasteiger partial charge is 0.494 e. The van der Waals surface area contributed by atoms with Gasteiger partial charge in [0.05, 0.1) is 12.2 Å². The van der Waals surface area contributed by atoms with E-state index in [0.717, 1.165) is 18.8 Å². The molecule has 0 radical (unpaired) electrons. The Hall–Kier alpha value is -2.29. The van der Waals surface area contributed by atoms with Gasteiger partial charge >= 0.3 is 5.97 Å². The van der Waals surface area contributed by atoms with Gasteiger partial charge in [0.2, 0.25) is 0 Å². The molecule has 23 heavy (non-hydrogen) atoms. The number of hydrogen-bond acceptors (Lipinski definition) is 3. The molecule has 0 heterocycles. The molecule has 0 aliphatic carbocycles. The molecular formula is C20H24O3. The summed E-state index contributed by atoms with van der Waals surface area (Å²) in [6.45, 7) is 2.94. The highest BCUT2D eigenvalue weighted by Gasteiger charge is 2.07. The molecule has 0 atom stereocenters. The maximum Gasteiger partial charge on any atom is 0.343 e. The second kappa shape index (κ2) is 9.67. The van der Waals surface area contributed by atoms with Gasteiger partial charge in [0.1, 0.15) is 11.5 Å². The molecule has 0 aromatic heterocycles. The number of rotatable bonds is 9. The van der Waals surface area contributed by atoms with Crippen molar-refractivity contribution in [2.24, 2.45) is 0 Å². The second-order valence-electron chi connectivity index (χ2n) is 5.49. The Kier molecular flexibility index (Phi) is 7.18. The summed E-state index contributed by atoms with van der Waals surface area (Å²) in [4.78, 5) is 11.9. The average molecular weight is 312 g/mol. The minimum Gasteiger partial charge on any atom is -0.494 e. The van der Waals surface area contributed by atoms with Crippen LogP contribution in [0.2, 0.25) is 0 Å². The lowest BCUT2D eigenvalue weighted by Gasteiger charge is -2.08. The fourth-order valence-corrected chi connectivity index (χ4v) is 2.24. The maximum atomic E-state index is 11.9. The maximum absolute atomic E-state index is 11.9. The van der Waals surface area contributed by atoms with Crippen molar-refractivity contribution in [1.29, 1.82) is 0 Å². The fraction of sp³-hybridized carbons (Fsp3) is 0.350. The summed E-state index contributed by atoms with van der Waals surface area (Å²) in [5.41, 5.74) is 0.542. The lowest BCUT2D eigenvalue weighted by molar-refractivity contribution is 0.0734. The van der Waals surface area contributed by atoms with Crippen LogP contribution in [0.15, 0.2) is 54.6 Å². The van der Waals surface area contributed by atoms with Crippen LogP contribution >= 0.6 is 0 Å². The predicted molar refractivity (Wildman–Crippen MR) is 92.1 cm³/mol. The summed E-state index contributed by atoms with van der Waals surface area (Å²) in [5.74, 6) is 0.976. The van der Waals surface area contributed by atoms with Gasteiger partial charge < -0.3 is 9.47 Å². The first kappa shape index (κ1) is 17.1. The molecule has 0 unspecified atom stereocenters. The van der Waals surface area contributed by atoms with Gasteiger partial charge in [-0.1, -0.05) is 50.8 Å². The molecular weight excluding hydrogens is 288 g/mol. The van der Waals surface area contributed by atoms with Gasteiger partial charge in [0.25, 0.3) is 0 Å². The van der Waals surface area contributed by atoms with Crippen LogP contribution in [0.4, 0.5) is 0 Å². The summed E-state index contributed by atoms with van der Waals surface area (Å²) < 4.78 is 11.0. The van der Waals surface area contributed by atoms with Gasteiger partial charge in [-0.3, -0.25) is 0 Å². The van der Waals surface area contributed by atoms with Gasteiger partial charge in [-0.05, 0) is 42.8 Å². The van der Waals surface area contributed by atoms with Crippen molar-refractivity contribution in [2.75, 3.05) is 6.61 Å². The third kappa shape index (κ3) is 6.15. The molecule has 122 valence electrons. The molecule has 0 bridgehead atoms. The Morgan fingerprint density at radius 2 is 1.48 bits per heavy atom. The van der Waals surface area contributed by atoms with Gasteiger partial charge in [0, 0.05) is 0 Å². The van der Waals surface area contributed by atoms with E-state index >= 15 is 0 Å². The number of ether oxygens (including phenoxy) is 2. The van der Waals surface area contributed by atoms with E-state index < -0.39 is 0 Å². The highest BCUT2D eigenvalue weighted by molar-refractivity contribution is 5.90. The number of carbonyl (C=O) groups is 1. The third-order valence-corrected chi connectivity index (χ3v) is 3.56. The van der Waals surface area contributed by atoms with Crippen LogP contribution in [0.25, 0.3) is 0 Å². The van der Waals surface area contributed by atoms with Crippen LogP contribution in [0.1, 0.15) is 49.4 Å². The first-order valence-corrected chi connectivity index (χ1v) is 8.29. The fourth-order valence-electron chi connectivity index (χ4n) is 2.24. The molecule has 0 fully saturated rings. The van der Waals surface area contributed by atoms with E-state index in [9.17, 15) is 4.79 Å². The van der Waals surface area contributed by atoms with Gasteiger partial charge in [-0.15, -0.1) is 0 Å². The quantitative estimate of drug-likeness (QED) is 0.360. The Balaban J connectivity index is 1.75. The highest BCUT2D eigenvalue weighted by Crippen LogP contribution is 2.19. The molecule has 0 aliphatic rings. The first-order valence-electron chi connectivity index (χ1n) is 8.29. The lowest BCUT2D eigenvalue weighted by Crippen LogP contribution is -2.08. The van der Waals surface area contributed by atoms with E-state index in [0.29, 0.717) is 11.3 Å². The first-order chi connectivity index (χ1) is 11.3. The number of carbonyl (C=O) groups excluding carboxylic acids is 1. The molecule has 2 rings (SSSR count). The van der Waals surface area contributed by atoms with Crippen molar-refractivity contribution in [3.63, 3.8) is 0 Å². The van der Waals surface area contributed by atoms with Crippen LogP contribution in [0.5, 0.6) is 11.5 Å². The number of esters is 1. The van der Waals surface area contributed by atoms with E-state index in [1.165, 1.54) is 25.7 Å². The molecule has 3 nitrogen and oxygen atoms in total. The molecule has 0 saturated heterocycles. The van der Waals surface area contributed by atoms with Crippen LogP contribution < -0.4 is 9.47 Å². The molecule has 0 spiro atoms. The highest BCUT2D eigenvalue weighted by atomic mass is 16.5. The smallest absolute Gasteiger partial charge is 0.343 e. The predicted octanol–water partition coefficient (Wildman–Crippen LogP) is 5.26. The Labute approximate surface area is 138 Å². The van der Waals surface area contributed by atoms with Crippen LogP contribution in [-0.2, 0) is 0 Å². The Morgan fingerprint density at radius 3 is 2.17 bits per heavy atom. The average Bonchev–Trinajstić information content (AvgIpc) is 2.60. The molecule has 2 aromatic rings. The minimum atomic E-state index is -0.352. The molecule has 0 saturated carbocycles. The topological polar surface area (TPSA) is 35.5 Å². The van der Waals surface area contributed by atoms with E-state index in [-0.39, 0.29) is 5.97 Å². The van der Waals surface area contributed by atoms with Crippen molar-refractivity contribution < 1.29 is 14.3 Å². The second-order valence-corrected chi connectivity index (χ2v) is 5.49. The van der Waals surface area contributed by atoms with Crippen molar-refractivity contribution in [3.05, 3.63) is 60.2 Å². The lowest BCUT2D eigenvalue weighted by atomic mass is 10.2. The molecule has 0 aliphatic heterocycles. The minimum absolute atomic E-state index is 0.352. The van der Waals surface area contributed by atoms with E-state index in [4.69, 9.17) is 9.47 Å². The van der Waals surface area contributed by atoms with E-state index in [1.807, 2.05) is 30.3 Å². The molecule has 0 amide bonds. The summed E-state index contributed by atoms with van der Waals surface area (Å²) in [6, 6.07) is 16.1. The monoisotopic (exact) mass is 312 g/mol. The van der Waals surface area contributed by atoms with Crippen molar-refractivity contribution in [2.45, 2.75) is 39.0 Å². The normalized spacial score (nSPS) is 10.3. The SMILES string of the molecule is CCCCCCCOc1ccc(OC(=O)c2ccccc2)cc1. The third-order valence-electron chi connectivity index (χ3n) is 3.56. The molecule has 3 heteroatoms. The van der Waals surface area contributed by atoms with Crippen LogP contribution in [0, 0.1) is 0 Å². The van der Waals surface area contributed by atoms with Crippen LogP contribution in [0.3, 0.4) is 0 Å². The van der Waals surface area contributed by atoms with Crippen LogP contribution in [-0.4, -0.2) is 12.6 Å². The number of hydrogen-bond donors (Lipinski definition) is 0. The Morgan fingerprint density at radius 1 is 0.826 bits per heavy atom. The van der Waals surface area contributed by atoms with Gasteiger partial charge in [-0.2, -0.15) is 0 Å². The van der Waals surface area contributed by atoms with Crippen molar-refractivity contribution in [3.8, 4) is 11.5 Å². The van der Waals surface area contributed by atoms with E-state index in [1.54, 1.807) is 24.3 Å². The number of unbranched alkanes of at least 4 members (excludes halogenated alkanes) is 4. The zero-order chi connectivity index (χ0) is 16.3. The number of benzene rings is 2. The van der Waals surface area contributed by atoms with Gasteiger partial charge in [-0.25, -0.2) is 4.79 Å². The zero-order valence-corrected chi connectivity index (χ0v) is 13.7. The van der Waals surface area contributed by atoms with Gasteiger partial charge in [0.15, 0.2) is 0 Å². The van der Waals surface area contributed by atoms with E-state index in [2.05, 4.69) is 6.92 Å². The molecule has 2 aromatic carbocycles. The van der Waals surface area contributed by atoms with Crippen molar-refractivity contribution >= 4 is 5.97 Å². The molecule has 0 N–H and O–H groups in total. The summed E-state index contributed by atoms with van der Waals surface area (Å²) in [7, 11) is 0. The Bertz CT molecular complexity index is 576. The zero-order valence-electron chi connectivity index (χ0n) is 13.7.